The first-order valence-electron chi connectivity index (χ1n) is 3.64. The van der Waals surface area contributed by atoms with E-state index in [4.69, 9.17) is 9.84 Å². The molecule has 13 heavy (non-hydrogen) atoms. The summed E-state index contributed by atoms with van der Waals surface area (Å²) in [7, 11) is 0. The number of aliphatic carboxylic acids is 1. The second-order valence-electron chi connectivity index (χ2n) is 2.41. The van der Waals surface area contributed by atoms with Gasteiger partial charge in [-0.05, 0) is 19.1 Å². The molecule has 1 N–H and O–H groups in total. The van der Waals surface area contributed by atoms with Gasteiger partial charge in [0.15, 0.2) is 6.10 Å². The van der Waals surface area contributed by atoms with E-state index >= 15 is 0 Å². The standard InChI is InChI=1S/C9H10O3.Li.H/c1-7(9(10)11)12-8-5-3-2-4-6-8;;/h2-7H,1H3,(H,10,11);;. The molecule has 0 amide bonds. The third kappa shape index (κ3) is 4.02. The molecule has 0 radical (unpaired) electrons. The Hall–Kier alpha value is -0.913. The van der Waals surface area contributed by atoms with Crippen molar-refractivity contribution >= 4 is 24.8 Å². The summed E-state index contributed by atoms with van der Waals surface area (Å²) in [5.74, 6) is -0.383. The molecule has 66 valence electrons. The zero-order valence-electron chi connectivity index (χ0n) is 6.73. The Morgan fingerprint density at radius 1 is 1.38 bits per heavy atom. The van der Waals surface area contributed by atoms with Crippen molar-refractivity contribution in [2.45, 2.75) is 13.0 Å². The van der Waals surface area contributed by atoms with E-state index in [0.717, 1.165) is 0 Å². The first-order chi connectivity index (χ1) is 5.70. The summed E-state index contributed by atoms with van der Waals surface area (Å²) in [6.07, 6.45) is -0.799. The quantitative estimate of drug-likeness (QED) is 0.692. The van der Waals surface area contributed by atoms with Crippen molar-refractivity contribution < 1.29 is 14.6 Å². The second kappa shape index (κ2) is 5.68. The van der Waals surface area contributed by atoms with Gasteiger partial charge in [-0.15, -0.1) is 0 Å². The van der Waals surface area contributed by atoms with Crippen LogP contribution in [0.3, 0.4) is 0 Å². The van der Waals surface area contributed by atoms with Gasteiger partial charge in [-0.1, -0.05) is 18.2 Å². The number of hydrogen-bond donors (Lipinski definition) is 1. The SMILES string of the molecule is CC(Oc1ccccc1)C(=O)O.[LiH]. The van der Waals surface area contributed by atoms with Crippen molar-refractivity contribution in [1.82, 2.24) is 0 Å². The average Bonchev–Trinajstić information content (AvgIpc) is 2.06. The maximum absolute atomic E-state index is 10.4. The van der Waals surface area contributed by atoms with Crippen LogP contribution in [-0.4, -0.2) is 36.0 Å². The van der Waals surface area contributed by atoms with Crippen molar-refractivity contribution in [1.29, 1.82) is 0 Å². The third-order valence-corrected chi connectivity index (χ3v) is 1.40. The van der Waals surface area contributed by atoms with Crippen LogP contribution < -0.4 is 4.74 Å². The van der Waals surface area contributed by atoms with Crippen LogP contribution in [0, 0.1) is 0 Å². The molecule has 1 rings (SSSR count). The van der Waals surface area contributed by atoms with E-state index in [2.05, 4.69) is 0 Å². The molecule has 3 nitrogen and oxygen atoms in total. The van der Waals surface area contributed by atoms with Gasteiger partial charge in [0, 0.05) is 0 Å². The number of hydrogen-bond acceptors (Lipinski definition) is 2. The van der Waals surface area contributed by atoms with E-state index in [9.17, 15) is 4.79 Å². The summed E-state index contributed by atoms with van der Waals surface area (Å²) in [6.45, 7) is 1.50. The van der Waals surface area contributed by atoms with Crippen molar-refractivity contribution in [2.24, 2.45) is 0 Å². The summed E-state index contributed by atoms with van der Waals surface area (Å²) >= 11 is 0. The van der Waals surface area contributed by atoms with Crippen LogP contribution in [0.5, 0.6) is 5.75 Å². The Morgan fingerprint density at radius 2 is 1.92 bits per heavy atom. The van der Waals surface area contributed by atoms with E-state index < -0.39 is 12.1 Å². The van der Waals surface area contributed by atoms with Gasteiger partial charge in [0.05, 0.1) is 0 Å². The van der Waals surface area contributed by atoms with E-state index in [0.29, 0.717) is 5.75 Å². The zero-order valence-corrected chi connectivity index (χ0v) is 6.73. The van der Waals surface area contributed by atoms with Crippen LogP contribution in [0.2, 0.25) is 0 Å². The van der Waals surface area contributed by atoms with Crippen LogP contribution >= 0.6 is 0 Å². The number of carboxylic acids is 1. The molecule has 0 heterocycles. The van der Waals surface area contributed by atoms with Crippen LogP contribution in [0.15, 0.2) is 30.3 Å². The molecule has 0 aliphatic heterocycles. The van der Waals surface area contributed by atoms with Gasteiger partial charge in [-0.2, -0.15) is 0 Å². The molecule has 4 heteroatoms. The molecule has 1 atom stereocenters. The minimum absolute atomic E-state index is 0. The predicted octanol–water partition coefficient (Wildman–Crippen LogP) is 0.890. The number of para-hydroxylation sites is 1. The molecule has 0 bridgehead atoms. The molecule has 1 unspecified atom stereocenters. The van der Waals surface area contributed by atoms with E-state index in [1.165, 1.54) is 6.92 Å². The van der Waals surface area contributed by atoms with Gasteiger partial charge in [0.25, 0.3) is 0 Å². The number of rotatable bonds is 3. The summed E-state index contributed by atoms with van der Waals surface area (Å²) in [4.78, 5) is 10.4. The van der Waals surface area contributed by atoms with Crippen LogP contribution in [-0.2, 0) is 4.79 Å². The summed E-state index contributed by atoms with van der Waals surface area (Å²) in [5.41, 5.74) is 0. The third-order valence-electron chi connectivity index (χ3n) is 1.40. The van der Waals surface area contributed by atoms with Gasteiger partial charge in [-0.3, -0.25) is 0 Å². The van der Waals surface area contributed by atoms with Crippen molar-refractivity contribution in [3.8, 4) is 5.75 Å². The molecule has 0 aliphatic carbocycles. The van der Waals surface area contributed by atoms with E-state index in [-0.39, 0.29) is 18.9 Å². The van der Waals surface area contributed by atoms with Crippen molar-refractivity contribution in [3.05, 3.63) is 30.3 Å². The number of ether oxygens (including phenoxy) is 1. The van der Waals surface area contributed by atoms with Crippen LogP contribution in [0.25, 0.3) is 0 Å². The molecule has 0 aliphatic rings. The predicted molar refractivity (Wildman–Crippen MR) is 51.3 cm³/mol. The van der Waals surface area contributed by atoms with Gasteiger partial charge >= 0.3 is 24.8 Å². The van der Waals surface area contributed by atoms with Crippen molar-refractivity contribution in [3.63, 3.8) is 0 Å². The molecule has 0 aromatic heterocycles. The fourth-order valence-corrected chi connectivity index (χ4v) is 0.754. The van der Waals surface area contributed by atoms with Gasteiger partial charge in [0.1, 0.15) is 5.75 Å². The Labute approximate surface area is 88.9 Å². The fraction of sp³-hybridized carbons (Fsp3) is 0.222. The minimum atomic E-state index is -0.959. The summed E-state index contributed by atoms with van der Waals surface area (Å²) in [5, 5.41) is 8.52. The van der Waals surface area contributed by atoms with Crippen LogP contribution in [0.1, 0.15) is 6.92 Å². The van der Waals surface area contributed by atoms with Gasteiger partial charge < -0.3 is 9.84 Å². The molecular formula is C9H11LiO3. The molecular weight excluding hydrogens is 163 g/mol. The number of carboxylic acid groups (broad SMARTS) is 1. The Balaban J connectivity index is 0.00000144. The molecule has 0 fully saturated rings. The molecule has 0 spiro atoms. The van der Waals surface area contributed by atoms with E-state index in [1.54, 1.807) is 24.3 Å². The van der Waals surface area contributed by atoms with Crippen molar-refractivity contribution in [2.75, 3.05) is 0 Å². The Bertz CT molecular complexity index is 261. The Kier molecular flexibility index (Phi) is 5.29. The topological polar surface area (TPSA) is 46.5 Å². The molecule has 0 saturated carbocycles. The first-order valence-corrected chi connectivity index (χ1v) is 3.64. The Morgan fingerprint density at radius 3 is 2.38 bits per heavy atom. The average molecular weight is 174 g/mol. The molecule has 1 aromatic carbocycles. The second-order valence-corrected chi connectivity index (χ2v) is 2.41. The number of benzene rings is 1. The molecule has 1 aromatic rings. The van der Waals surface area contributed by atoms with E-state index in [1.807, 2.05) is 6.07 Å². The van der Waals surface area contributed by atoms with Gasteiger partial charge in [-0.25, -0.2) is 4.79 Å². The number of carbonyl (C=O) groups is 1. The molecule has 0 saturated heterocycles. The zero-order chi connectivity index (χ0) is 8.97. The maximum atomic E-state index is 10.4. The first kappa shape index (κ1) is 12.1. The fourth-order valence-electron chi connectivity index (χ4n) is 0.754. The normalized spacial score (nSPS) is 11.2. The van der Waals surface area contributed by atoms with Crippen LogP contribution in [0.4, 0.5) is 0 Å². The van der Waals surface area contributed by atoms with Gasteiger partial charge in [0.2, 0.25) is 0 Å². The monoisotopic (exact) mass is 174 g/mol. The summed E-state index contributed by atoms with van der Waals surface area (Å²) < 4.78 is 5.08. The summed E-state index contributed by atoms with van der Waals surface area (Å²) in [6, 6.07) is 8.88.